The molecule has 0 saturated heterocycles. The number of nitrogens with zero attached hydrogens (tertiary/aromatic N) is 1. The fourth-order valence-corrected chi connectivity index (χ4v) is 1.95. The highest BCUT2D eigenvalue weighted by Gasteiger charge is 2.20. The minimum atomic E-state index is -1.23. The third kappa shape index (κ3) is 3.11. The van der Waals surface area contributed by atoms with Gasteiger partial charge in [0.05, 0.1) is 4.92 Å². The summed E-state index contributed by atoms with van der Waals surface area (Å²) in [5, 5.41) is 20.4. The predicted molar refractivity (Wildman–Crippen MR) is 76.3 cm³/mol. The number of rotatable bonds is 4. The Morgan fingerprint density at radius 2 is 2.05 bits per heavy atom. The van der Waals surface area contributed by atoms with Crippen LogP contribution in [0.2, 0.25) is 5.02 Å². The molecule has 0 aliphatic heterocycles. The molecule has 0 aliphatic rings. The number of carboxylic acids is 1. The van der Waals surface area contributed by atoms with Crippen molar-refractivity contribution in [3.05, 3.63) is 62.7 Å². The third-order valence-corrected chi connectivity index (χ3v) is 3.01. The molecule has 0 fully saturated rings. The van der Waals surface area contributed by atoms with E-state index in [0.717, 1.165) is 0 Å². The van der Waals surface area contributed by atoms with Crippen LogP contribution in [-0.4, -0.2) is 16.0 Å². The first kappa shape index (κ1) is 14.8. The van der Waals surface area contributed by atoms with Crippen molar-refractivity contribution in [2.45, 2.75) is 6.92 Å². The molecule has 0 aromatic heterocycles. The number of carboxylic acid groups (broad SMARTS) is 1. The summed E-state index contributed by atoms with van der Waals surface area (Å²) >= 11 is 5.75. The Hall–Kier alpha value is -2.60. The Balaban J connectivity index is 2.53. The summed E-state index contributed by atoms with van der Waals surface area (Å²) in [6, 6.07) is 8.50. The molecule has 0 heterocycles. The maximum absolute atomic E-state index is 11.2. The van der Waals surface area contributed by atoms with Crippen molar-refractivity contribution in [2.24, 2.45) is 0 Å². The van der Waals surface area contributed by atoms with Crippen LogP contribution in [0.1, 0.15) is 15.9 Å². The molecule has 21 heavy (non-hydrogen) atoms. The average molecular weight is 308 g/mol. The zero-order valence-electron chi connectivity index (χ0n) is 10.9. The van der Waals surface area contributed by atoms with E-state index in [1.165, 1.54) is 30.3 Å². The first-order valence-corrected chi connectivity index (χ1v) is 6.22. The van der Waals surface area contributed by atoms with E-state index < -0.39 is 10.9 Å². The molecule has 2 aromatic rings. The van der Waals surface area contributed by atoms with Gasteiger partial charge in [-0.2, -0.15) is 0 Å². The van der Waals surface area contributed by atoms with Gasteiger partial charge in [0, 0.05) is 11.1 Å². The highest BCUT2D eigenvalue weighted by molar-refractivity contribution is 6.31. The molecule has 0 spiro atoms. The molecular formula is C14H10ClNO5. The lowest BCUT2D eigenvalue weighted by Crippen LogP contribution is -2.02. The van der Waals surface area contributed by atoms with Gasteiger partial charge < -0.3 is 9.84 Å². The number of hydrogen-bond acceptors (Lipinski definition) is 4. The molecule has 2 rings (SSSR count). The summed E-state index contributed by atoms with van der Waals surface area (Å²) < 4.78 is 5.47. The van der Waals surface area contributed by atoms with Crippen LogP contribution >= 0.6 is 11.6 Å². The van der Waals surface area contributed by atoms with Crippen LogP contribution in [-0.2, 0) is 0 Å². The lowest BCUT2D eigenvalue weighted by Gasteiger charge is -2.11. The molecule has 0 amide bonds. The molecule has 108 valence electrons. The number of nitro benzene ring substituents is 1. The summed E-state index contributed by atoms with van der Waals surface area (Å²) in [4.78, 5) is 21.6. The summed E-state index contributed by atoms with van der Waals surface area (Å²) in [5.74, 6) is -1.24. The summed E-state index contributed by atoms with van der Waals surface area (Å²) in [6.45, 7) is 1.64. The number of hydrogen-bond donors (Lipinski definition) is 1. The maximum atomic E-state index is 11.2. The molecule has 0 unspecified atom stereocenters. The van der Waals surface area contributed by atoms with Gasteiger partial charge in [0.25, 0.3) is 0 Å². The zero-order chi connectivity index (χ0) is 15.6. The Morgan fingerprint density at radius 1 is 1.33 bits per heavy atom. The number of benzene rings is 2. The molecule has 0 bridgehead atoms. The predicted octanol–water partition coefficient (Wildman–Crippen LogP) is 4.05. The van der Waals surface area contributed by atoms with E-state index in [4.69, 9.17) is 21.4 Å². The Morgan fingerprint density at radius 3 is 2.67 bits per heavy atom. The van der Waals surface area contributed by atoms with Crippen molar-refractivity contribution in [2.75, 3.05) is 0 Å². The summed E-state index contributed by atoms with van der Waals surface area (Å²) in [5.41, 5.74) is 0.122. The monoisotopic (exact) mass is 307 g/mol. The number of nitro groups is 1. The van der Waals surface area contributed by atoms with Crippen LogP contribution in [0.25, 0.3) is 0 Å². The summed E-state index contributed by atoms with van der Waals surface area (Å²) in [7, 11) is 0. The van der Waals surface area contributed by atoms with E-state index in [-0.39, 0.29) is 27.8 Å². The maximum Gasteiger partial charge on any atom is 0.339 e. The van der Waals surface area contributed by atoms with Crippen LogP contribution in [0.4, 0.5) is 5.69 Å². The van der Waals surface area contributed by atoms with Gasteiger partial charge in [0.2, 0.25) is 5.75 Å². The van der Waals surface area contributed by atoms with Crippen molar-refractivity contribution >= 4 is 23.3 Å². The minimum Gasteiger partial charge on any atom is -0.478 e. The van der Waals surface area contributed by atoms with Gasteiger partial charge >= 0.3 is 11.7 Å². The van der Waals surface area contributed by atoms with Gasteiger partial charge in [-0.1, -0.05) is 23.7 Å². The number of aryl methyl sites for hydroxylation is 1. The zero-order valence-corrected chi connectivity index (χ0v) is 11.6. The second-order valence-electron chi connectivity index (χ2n) is 4.23. The molecule has 2 aromatic carbocycles. The standard InChI is InChI=1S/C14H10ClNO5/c1-8-3-2-4-11(16(19)20)13(8)21-12-6-5-9(15)7-10(12)14(17)18/h2-7H,1H3,(H,17,18). The number of ether oxygens (including phenoxy) is 1. The van der Waals surface area contributed by atoms with E-state index in [0.29, 0.717) is 5.56 Å². The third-order valence-electron chi connectivity index (χ3n) is 2.77. The van der Waals surface area contributed by atoms with E-state index in [1.807, 2.05) is 0 Å². The highest BCUT2D eigenvalue weighted by Crippen LogP contribution is 2.36. The number of para-hydroxylation sites is 1. The van der Waals surface area contributed by atoms with Crippen molar-refractivity contribution in [1.82, 2.24) is 0 Å². The smallest absolute Gasteiger partial charge is 0.339 e. The topological polar surface area (TPSA) is 89.7 Å². The number of carbonyl (C=O) groups is 1. The van der Waals surface area contributed by atoms with E-state index >= 15 is 0 Å². The lowest BCUT2D eigenvalue weighted by molar-refractivity contribution is -0.385. The van der Waals surface area contributed by atoms with Crippen LogP contribution in [0.3, 0.4) is 0 Å². The van der Waals surface area contributed by atoms with Gasteiger partial charge in [0.15, 0.2) is 0 Å². The molecule has 0 aliphatic carbocycles. The van der Waals surface area contributed by atoms with Gasteiger partial charge in [0.1, 0.15) is 11.3 Å². The lowest BCUT2D eigenvalue weighted by atomic mass is 10.1. The van der Waals surface area contributed by atoms with Crippen molar-refractivity contribution in [1.29, 1.82) is 0 Å². The van der Waals surface area contributed by atoms with Gasteiger partial charge in [-0.25, -0.2) is 4.79 Å². The van der Waals surface area contributed by atoms with Crippen LogP contribution in [0.15, 0.2) is 36.4 Å². The molecule has 0 radical (unpaired) electrons. The van der Waals surface area contributed by atoms with E-state index in [9.17, 15) is 14.9 Å². The number of aromatic carboxylic acids is 1. The van der Waals surface area contributed by atoms with Gasteiger partial charge in [-0.3, -0.25) is 10.1 Å². The molecule has 1 N–H and O–H groups in total. The first-order chi connectivity index (χ1) is 9.90. The first-order valence-electron chi connectivity index (χ1n) is 5.85. The molecule has 0 atom stereocenters. The van der Waals surface area contributed by atoms with Crippen molar-refractivity contribution < 1.29 is 19.6 Å². The SMILES string of the molecule is Cc1cccc([N+](=O)[O-])c1Oc1ccc(Cl)cc1C(=O)O. The molecule has 0 saturated carbocycles. The fraction of sp³-hybridized carbons (Fsp3) is 0.0714. The van der Waals surface area contributed by atoms with Crippen LogP contribution < -0.4 is 4.74 Å². The Labute approximate surface area is 124 Å². The average Bonchev–Trinajstić information content (AvgIpc) is 2.42. The molecule has 7 heteroatoms. The van der Waals surface area contributed by atoms with E-state index in [1.54, 1.807) is 13.0 Å². The quantitative estimate of drug-likeness (QED) is 0.680. The molecular weight excluding hydrogens is 298 g/mol. The van der Waals surface area contributed by atoms with Crippen LogP contribution in [0.5, 0.6) is 11.5 Å². The van der Waals surface area contributed by atoms with Crippen molar-refractivity contribution in [3.63, 3.8) is 0 Å². The fourth-order valence-electron chi connectivity index (χ4n) is 1.78. The number of halogens is 1. The van der Waals surface area contributed by atoms with Gasteiger partial charge in [-0.15, -0.1) is 0 Å². The second-order valence-corrected chi connectivity index (χ2v) is 4.66. The normalized spacial score (nSPS) is 10.2. The summed E-state index contributed by atoms with van der Waals surface area (Å²) in [6.07, 6.45) is 0. The molecule has 6 nitrogen and oxygen atoms in total. The van der Waals surface area contributed by atoms with Crippen molar-refractivity contribution in [3.8, 4) is 11.5 Å². The van der Waals surface area contributed by atoms with Gasteiger partial charge in [-0.05, 0) is 30.7 Å². The van der Waals surface area contributed by atoms with E-state index in [2.05, 4.69) is 0 Å². The minimum absolute atomic E-state index is 0.00678. The Bertz CT molecular complexity index is 729. The second kappa shape index (κ2) is 5.80. The highest BCUT2D eigenvalue weighted by atomic mass is 35.5. The largest absolute Gasteiger partial charge is 0.478 e. The van der Waals surface area contributed by atoms with Crippen LogP contribution in [0, 0.1) is 17.0 Å². The Kier molecular flexibility index (Phi) is 4.09.